The smallest absolute Gasteiger partial charge is 0.109 e. The summed E-state index contributed by atoms with van der Waals surface area (Å²) in [6.07, 6.45) is 1.03. The van der Waals surface area contributed by atoms with Crippen molar-refractivity contribution in [2.24, 2.45) is 0 Å². The van der Waals surface area contributed by atoms with Crippen molar-refractivity contribution < 1.29 is 50.6 Å². The fourth-order valence-corrected chi connectivity index (χ4v) is 6.92. The summed E-state index contributed by atoms with van der Waals surface area (Å²) in [6.45, 7) is 18.3. The van der Waals surface area contributed by atoms with Crippen LogP contribution in [0, 0.1) is 19.9 Å². The largest absolute Gasteiger partial charge is 0.273 e. The molecule has 7 heteroatoms. The van der Waals surface area contributed by atoms with Crippen LogP contribution in [-0.2, 0) is 47.4 Å². The maximum Gasteiger partial charge on any atom is -0.109 e. The van der Waals surface area contributed by atoms with E-state index >= 15 is 0 Å². The summed E-state index contributed by atoms with van der Waals surface area (Å²) in [5.74, 6) is 0. The molecule has 0 saturated carbocycles. The quantitative estimate of drug-likeness (QED) is 0.124. The number of allylic oxidation sites excluding steroid dienone is 4. The number of hydrogen-bond donors (Lipinski definition) is 0. The minimum absolute atomic E-state index is 0.180. The van der Waals surface area contributed by atoms with E-state index in [9.17, 15) is 26.3 Å². The Labute approximate surface area is 306 Å². The molecule has 0 spiro atoms. The first-order valence-corrected chi connectivity index (χ1v) is 17.6. The number of alkyl halides is 6. The van der Waals surface area contributed by atoms with Crippen molar-refractivity contribution in [1.29, 1.82) is 0 Å². The summed E-state index contributed by atoms with van der Waals surface area (Å²) in [6, 6.07) is 21.1. The Hall–Kier alpha value is -3.44. The average Bonchev–Trinajstić information content (AvgIpc) is 3.70. The molecule has 0 N–H and O–H groups in total. The van der Waals surface area contributed by atoms with Gasteiger partial charge in [0.15, 0.2) is 0 Å². The van der Waals surface area contributed by atoms with Crippen molar-refractivity contribution in [2.45, 2.75) is 85.0 Å². The van der Waals surface area contributed by atoms with E-state index in [0.717, 1.165) is 54.9 Å². The first kappa shape index (κ1) is 39.4. The third kappa shape index (κ3) is 9.66. The summed E-state index contributed by atoms with van der Waals surface area (Å²) in [5.41, 5.74) is 4.96. The Morgan fingerprint density at radius 2 is 1.06 bits per heavy atom. The number of halogens is 6. The molecule has 5 aromatic rings. The fourth-order valence-electron chi connectivity index (χ4n) is 6.16. The molecule has 0 atom stereocenters. The van der Waals surface area contributed by atoms with E-state index in [1.165, 1.54) is 68.1 Å². The Morgan fingerprint density at radius 1 is 0.640 bits per heavy atom. The van der Waals surface area contributed by atoms with Crippen molar-refractivity contribution in [3.05, 3.63) is 148 Å². The second kappa shape index (κ2) is 15.0. The maximum absolute atomic E-state index is 12.7. The second-order valence-electron chi connectivity index (χ2n) is 14.7. The van der Waals surface area contributed by atoms with Crippen LogP contribution in [-0.4, -0.2) is 3.21 Å². The van der Waals surface area contributed by atoms with E-state index in [1.807, 2.05) is 12.2 Å². The van der Waals surface area contributed by atoms with Gasteiger partial charge in [0.1, 0.15) is 0 Å². The minimum atomic E-state index is -4.49. The molecule has 0 fully saturated rings. The average molecular weight is 764 g/mol. The summed E-state index contributed by atoms with van der Waals surface area (Å²) in [5, 5.41) is 5.55. The van der Waals surface area contributed by atoms with Gasteiger partial charge in [0.25, 0.3) is 0 Å². The molecule has 5 aromatic carbocycles. The molecule has 1 aliphatic carbocycles. The van der Waals surface area contributed by atoms with Crippen LogP contribution in [0.5, 0.6) is 0 Å². The van der Waals surface area contributed by atoms with Gasteiger partial charge in [-0.2, -0.15) is 6.08 Å². The number of rotatable bonds is 2. The molecular formula is C43H42F6Zr. The van der Waals surface area contributed by atoms with Crippen molar-refractivity contribution in [3.8, 4) is 0 Å². The van der Waals surface area contributed by atoms with Gasteiger partial charge in [0, 0.05) is 0 Å². The molecule has 0 bridgehead atoms. The van der Waals surface area contributed by atoms with Crippen LogP contribution in [0.25, 0.3) is 21.5 Å². The molecule has 6 rings (SSSR count). The number of aryl methyl sites for hydroxylation is 2. The van der Waals surface area contributed by atoms with Gasteiger partial charge in [-0.25, -0.2) is 12.2 Å². The summed E-state index contributed by atoms with van der Waals surface area (Å²) >= 11 is 0.729. The Balaban J connectivity index is 0.000000197. The molecule has 0 radical (unpaired) electrons. The minimum Gasteiger partial charge on any atom is -0.273 e. The van der Waals surface area contributed by atoms with E-state index in [0.29, 0.717) is 3.21 Å². The maximum atomic E-state index is 12.7. The van der Waals surface area contributed by atoms with Crippen LogP contribution < -0.4 is 0 Å². The second-order valence-corrected chi connectivity index (χ2v) is 15.9. The Bertz CT molecular complexity index is 1910. The summed E-state index contributed by atoms with van der Waals surface area (Å²) < 4.78 is 76.7. The molecule has 0 aromatic heterocycles. The van der Waals surface area contributed by atoms with Crippen molar-refractivity contribution >= 4 is 24.8 Å². The zero-order chi connectivity index (χ0) is 37.2. The van der Waals surface area contributed by atoms with E-state index in [4.69, 9.17) is 0 Å². The van der Waals surface area contributed by atoms with E-state index in [-0.39, 0.29) is 22.0 Å². The van der Waals surface area contributed by atoms with Gasteiger partial charge < -0.3 is 0 Å². The van der Waals surface area contributed by atoms with Gasteiger partial charge in [0.2, 0.25) is 0 Å². The van der Waals surface area contributed by atoms with Crippen LogP contribution in [0.2, 0.25) is 0 Å². The third-order valence-electron chi connectivity index (χ3n) is 8.55. The molecule has 1 aliphatic rings. The Morgan fingerprint density at radius 3 is 1.36 bits per heavy atom. The summed E-state index contributed by atoms with van der Waals surface area (Å²) in [7, 11) is 0. The van der Waals surface area contributed by atoms with Gasteiger partial charge in [-0.1, -0.05) is 75.9 Å². The SMILES string of the molecule is Cc1cc2[cH-]c3cc(C)c(C(C)(C)C)cc3c2cc1C(C)(C)C.FC(F)(F)c1cccc([C](=[Zr+2])c2cccc(C(F)(F)F)c2)c1.[C-]1=CC=CC1. The molecule has 0 unspecified atom stereocenters. The Kier molecular flexibility index (Phi) is 11.8. The van der Waals surface area contributed by atoms with Crippen LogP contribution in [0.4, 0.5) is 26.3 Å². The molecule has 0 aliphatic heterocycles. The van der Waals surface area contributed by atoms with E-state index in [1.54, 1.807) is 0 Å². The van der Waals surface area contributed by atoms with Crippen LogP contribution in [0.3, 0.4) is 0 Å². The van der Waals surface area contributed by atoms with Crippen molar-refractivity contribution in [1.82, 2.24) is 0 Å². The third-order valence-corrected chi connectivity index (χ3v) is 9.97. The van der Waals surface area contributed by atoms with Gasteiger partial charge in [0.05, 0.1) is 0 Å². The molecular weight excluding hydrogens is 722 g/mol. The normalized spacial score (nSPS) is 13.3. The van der Waals surface area contributed by atoms with E-state index < -0.39 is 23.5 Å². The van der Waals surface area contributed by atoms with Crippen molar-refractivity contribution in [3.63, 3.8) is 0 Å². The molecule has 0 nitrogen and oxygen atoms in total. The fraction of sp³-hybridized carbons (Fsp3) is 0.302. The van der Waals surface area contributed by atoms with Gasteiger partial charge >= 0.3 is 137 Å². The van der Waals surface area contributed by atoms with Crippen LogP contribution >= 0.6 is 0 Å². The van der Waals surface area contributed by atoms with Crippen molar-refractivity contribution in [2.75, 3.05) is 0 Å². The van der Waals surface area contributed by atoms with Gasteiger partial charge in [-0.15, -0.1) is 46.2 Å². The first-order valence-electron chi connectivity index (χ1n) is 16.4. The van der Waals surface area contributed by atoms with E-state index in [2.05, 4.69) is 97.9 Å². The van der Waals surface area contributed by atoms with Gasteiger partial charge in [-0.3, -0.25) is 6.08 Å². The standard InChI is InChI=1S/C23H29.C15H8F6.C5H5.Zr/c1-14-9-16-11-17-10-15(2)21(23(6,7)8)13-19(17)18(16)12-20(14)22(3,4)5;16-14(17,18)12-5-1-3-10(8-12)7-11-4-2-6-13(9-11)15(19,20)21;1-2-4-5-3-1;/h9-13H,1-8H3;1-6,8-9H;1-3H,4H2;/q-1;;-1;+2. The van der Waals surface area contributed by atoms with Gasteiger partial charge in [-0.05, 0) is 24.7 Å². The first-order chi connectivity index (χ1) is 23.1. The number of fused-ring (bicyclic) bond motifs is 3. The predicted molar refractivity (Wildman–Crippen MR) is 192 cm³/mol. The van der Waals surface area contributed by atoms with Crippen LogP contribution in [0.1, 0.15) is 92.5 Å². The molecule has 0 amide bonds. The zero-order valence-corrected chi connectivity index (χ0v) is 32.2. The molecule has 0 saturated heterocycles. The number of benzene rings is 4. The molecule has 50 heavy (non-hydrogen) atoms. The predicted octanol–water partition coefficient (Wildman–Crippen LogP) is 13.1. The monoisotopic (exact) mass is 762 g/mol. The summed E-state index contributed by atoms with van der Waals surface area (Å²) in [4.78, 5) is 0. The topological polar surface area (TPSA) is 0 Å². The molecule has 0 heterocycles. The molecule has 260 valence electrons. The number of hydrogen-bond acceptors (Lipinski definition) is 0. The van der Waals surface area contributed by atoms with Crippen LogP contribution in [0.15, 0.2) is 97.1 Å². The zero-order valence-electron chi connectivity index (χ0n) is 29.7.